The molecule has 2 aliphatic heterocycles. The van der Waals surface area contributed by atoms with E-state index in [4.69, 9.17) is 23.9 Å². The zero-order valence-corrected chi connectivity index (χ0v) is 18.1. The number of hydrogen-bond acceptors (Lipinski definition) is 7. The highest BCUT2D eigenvalue weighted by Gasteiger charge is 2.54. The molecule has 9 nitrogen and oxygen atoms in total. The van der Waals surface area contributed by atoms with E-state index in [9.17, 15) is 18.0 Å². The van der Waals surface area contributed by atoms with Crippen LogP contribution in [-0.2, 0) is 20.9 Å². The summed E-state index contributed by atoms with van der Waals surface area (Å²) in [5, 5.41) is 10.9. The highest BCUT2D eigenvalue weighted by Crippen LogP contribution is 2.40. The maximum atomic E-state index is 12.4. The Bertz CT molecular complexity index is 988. The second kappa shape index (κ2) is 9.87. The summed E-state index contributed by atoms with van der Waals surface area (Å²) in [6.07, 6.45) is -4.13. The van der Waals surface area contributed by atoms with Crippen molar-refractivity contribution in [1.29, 1.82) is 0 Å². The normalized spacial score (nSPS) is 19.1. The molecule has 0 aromatic carbocycles. The van der Waals surface area contributed by atoms with Crippen LogP contribution in [0.1, 0.15) is 34.1 Å². The summed E-state index contributed by atoms with van der Waals surface area (Å²) in [5.74, 6) is -1.94. The number of aliphatic carboxylic acids is 1. The number of pyridine rings is 1. The van der Waals surface area contributed by atoms with Gasteiger partial charge in [0.2, 0.25) is 0 Å². The largest absolute Gasteiger partial charge is 0.490 e. The van der Waals surface area contributed by atoms with E-state index in [1.165, 1.54) is 0 Å². The number of carboxylic acids is 1. The Hall–Kier alpha value is -2.99. The molecule has 1 unspecified atom stereocenters. The minimum atomic E-state index is -5.08. The molecule has 4 rings (SSSR count). The Morgan fingerprint density at radius 1 is 1.30 bits per heavy atom. The van der Waals surface area contributed by atoms with Gasteiger partial charge in [0, 0.05) is 24.3 Å². The van der Waals surface area contributed by atoms with Crippen LogP contribution in [0.2, 0.25) is 0 Å². The zero-order chi connectivity index (χ0) is 24.2. The summed E-state index contributed by atoms with van der Waals surface area (Å²) in [6, 6.07) is 7.59. The lowest BCUT2D eigenvalue weighted by atomic mass is 9.81. The van der Waals surface area contributed by atoms with E-state index in [0.717, 1.165) is 17.8 Å². The van der Waals surface area contributed by atoms with Gasteiger partial charge in [0.05, 0.1) is 32.0 Å². The molecule has 4 heterocycles. The smallest absolute Gasteiger partial charge is 0.475 e. The fourth-order valence-electron chi connectivity index (χ4n) is 3.73. The summed E-state index contributed by atoms with van der Waals surface area (Å²) >= 11 is 0. The van der Waals surface area contributed by atoms with E-state index in [-0.39, 0.29) is 17.4 Å². The predicted octanol–water partition coefficient (Wildman–Crippen LogP) is 2.77. The van der Waals surface area contributed by atoms with Crippen molar-refractivity contribution in [2.45, 2.75) is 38.7 Å². The van der Waals surface area contributed by atoms with Gasteiger partial charge in [-0.25, -0.2) is 4.79 Å². The van der Waals surface area contributed by atoms with Crippen molar-refractivity contribution in [2.24, 2.45) is 5.92 Å². The molecule has 0 bridgehead atoms. The molecule has 1 N–H and O–H groups in total. The third-order valence-corrected chi connectivity index (χ3v) is 5.41. The van der Waals surface area contributed by atoms with Gasteiger partial charge < -0.3 is 24.0 Å². The van der Waals surface area contributed by atoms with Crippen LogP contribution in [0.5, 0.6) is 0 Å². The van der Waals surface area contributed by atoms with Crippen LogP contribution in [0.4, 0.5) is 13.2 Å². The average Bonchev–Trinajstić information content (AvgIpc) is 3.33. The van der Waals surface area contributed by atoms with Gasteiger partial charge in [-0.1, -0.05) is 11.2 Å². The predicted molar refractivity (Wildman–Crippen MR) is 106 cm³/mol. The number of rotatable bonds is 5. The van der Waals surface area contributed by atoms with E-state index in [1.807, 2.05) is 25.1 Å². The van der Waals surface area contributed by atoms with E-state index < -0.39 is 12.1 Å². The van der Waals surface area contributed by atoms with E-state index in [1.54, 1.807) is 17.9 Å². The molecule has 1 amide bonds. The summed E-state index contributed by atoms with van der Waals surface area (Å²) < 4.78 is 48.6. The molecule has 0 radical (unpaired) electrons. The van der Waals surface area contributed by atoms with Crippen LogP contribution in [0, 0.1) is 19.8 Å². The van der Waals surface area contributed by atoms with Crippen molar-refractivity contribution in [3.63, 3.8) is 0 Å². The number of carbonyl (C=O) groups is 2. The van der Waals surface area contributed by atoms with E-state index in [0.29, 0.717) is 44.4 Å². The first-order chi connectivity index (χ1) is 15.5. The molecule has 33 heavy (non-hydrogen) atoms. The van der Waals surface area contributed by atoms with Crippen molar-refractivity contribution in [1.82, 2.24) is 15.0 Å². The van der Waals surface area contributed by atoms with Gasteiger partial charge in [-0.3, -0.25) is 9.78 Å². The van der Waals surface area contributed by atoms with Crippen molar-refractivity contribution < 1.29 is 41.9 Å². The number of aryl methyl sites for hydroxylation is 2. The number of amides is 1. The molecule has 2 aliphatic rings. The summed E-state index contributed by atoms with van der Waals surface area (Å²) in [6.45, 7) is 6.72. The second-order valence-corrected chi connectivity index (χ2v) is 7.97. The average molecular weight is 471 g/mol. The minimum absolute atomic E-state index is 0.105. The molecule has 2 aromatic heterocycles. The molecule has 0 saturated carbocycles. The fourth-order valence-corrected chi connectivity index (χ4v) is 3.73. The number of ether oxygens (including phenoxy) is 2. The molecule has 2 fully saturated rings. The van der Waals surface area contributed by atoms with Crippen LogP contribution in [-0.4, -0.2) is 70.1 Å². The topological polar surface area (TPSA) is 115 Å². The Kier molecular flexibility index (Phi) is 7.38. The van der Waals surface area contributed by atoms with Crippen LogP contribution >= 0.6 is 0 Å². The molecular formula is C21H24F3N3O6. The Morgan fingerprint density at radius 3 is 2.58 bits per heavy atom. The van der Waals surface area contributed by atoms with Gasteiger partial charge in [0.1, 0.15) is 11.4 Å². The molecule has 1 atom stereocenters. The van der Waals surface area contributed by atoms with Crippen molar-refractivity contribution in [3.05, 3.63) is 47.1 Å². The number of nitrogens with zero attached hydrogens (tertiary/aromatic N) is 3. The lowest BCUT2D eigenvalue weighted by molar-refractivity contribution is -0.192. The third-order valence-electron chi connectivity index (χ3n) is 5.41. The standard InChI is InChI=1S/C19H23N3O4.C2HF3O2/c1-13-4-3-5-16(20-13)10-24-9-15-6-7-25-19(15)11-22(12-19)18(23)17-8-14(2)26-21-17;3-2(4,5)1(6)7/h3-5,8,15H,6-7,9-12H2,1-2H3;(H,6,7). The number of alkyl halides is 3. The first-order valence-corrected chi connectivity index (χ1v) is 10.2. The first kappa shape index (κ1) is 24.6. The monoisotopic (exact) mass is 471 g/mol. The van der Waals surface area contributed by atoms with Crippen LogP contribution in [0.3, 0.4) is 0 Å². The van der Waals surface area contributed by atoms with E-state index in [2.05, 4.69) is 10.1 Å². The van der Waals surface area contributed by atoms with Gasteiger partial charge in [-0.2, -0.15) is 13.2 Å². The number of aromatic nitrogens is 2. The van der Waals surface area contributed by atoms with Gasteiger partial charge >= 0.3 is 12.1 Å². The second-order valence-electron chi connectivity index (χ2n) is 7.97. The lowest BCUT2D eigenvalue weighted by Gasteiger charge is -2.49. The maximum absolute atomic E-state index is 12.4. The van der Waals surface area contributed by atoms with Crippen molar-refractivity contribution in [2.75, 3.05) is 26.3 Å². The molecule has 0 aliphatic carbocycles. The minimum Gasteiger partial charge on any atom is -0.475 e. The van der Waals surface area contributed by atoms with Crippen molar-refractivity contribution >= 4 is 11.9 Å². The molecule has 1 spiro atoms. The number of hydrogen-bond donors (Lipinski definition) is 1. The quantitative estimate of drug-likeness (QED) is 0.708. The fraction of sp³-hybridized carbons (Fsp3) is 0.524. The number of halogens is 3. The summed E-state index contributed by atoms with van der Waals surface area (Å²) in [7, 11) is 0. The highest BCUT2D eigenvalue weighted by atomic mass is 19.4. The molecule has 2 saturated heterocycles. The molecule has 12 heteroatoms. The molecule has 2 aromatic rings. The highest BCUT2D eigenvalue weighted by molar-refractivity contribution is 5.93. The first-order valence-electron chi connectivity index (χ1n) is 10.2. The SMILES string of the molecule is Cc1cccc(COCC2CCOC23CN(C(=O)c2cc(C)on2)C3)n1.O=C(O)C(F)(F)F. The number of carboxylic acid groups (broad SMARTS) is 1. The van der Waals surface area contributed by atoms with Gasteiger partial charge in [0.15, 0.2) is 5.69 Å². The number of carbonyl (C=O) groups excluding carboxylic acids is 1. The zero-order valence-electron chi connectivity index (χ0n) is 18.1. The lowest BCUT2D eigenvalue weighted by Crippen LogP contribution is -2.66. The van der Waals surface area contributed by atoms with Crippen LogP contribution in [0.15, 0.2) is 28.8 Å². The van der Waals surface area contributed by atoms with Gasteiger partial charge in [-0.15, -0.1) is 0 Å². The summed E-state index contributed by atoms with van der Waals surface area (Å²) in [4.78, 5) is 27.5. The molecule has 180 valence electrons. The molecular weight excluding hydrogens is 447 g/mol. The van der Waals surface area contributed by atoms with Crippen LogP contribution in [0.25, 0.3) is 0 Å². The van der Waals surface area contributed by atoms with Gasteiger partial charge in [0.25, 0.3) is 5.91 Å². The third kappa shape index (κ3) is 6.08. The Balaban J connectivity index is 0.000000383. The Morgan fingerprint density at radius 2 is 2.00 bits per heavy atom. The number of likely N-dealkylation sites (tertiary alicyclic amines) is 1. The maximum Gasteiger partial charge on any atom is 0.490 e. The summed E-state index contributed by atoms with van der Waals surface area (Å²) in [5.41, 5.74) is 2.00. The Labute approximate surface area is 187 Å². The van der Waals surface area contributed by atoms with E-state index >= 15 is 0 Å². The van der Waals surface area contributed by atoms with Crippen LogP contribution < -0.4 is 0 Å². The van der Waals surface area contributed by atoms with Crippen molar-refractivity contribution in [3.8, 4) is 0 Å². The van der Waals surface area contributed by atoms with Gasteiger partial charge in [-0.05, 0) is 32.4 Å².